The molecule has 0 aliphatic heterocycles. The Kier molecular flexibility index (Phi) is 5.31. The Labute approximate surface area is 116 Å². The Bertz CT molecular complexity index is 411. The van der Waals surface area contributed by atoms with Gasteiger partial charge in [-0.05, 0) is 43.2 Å². The molecule has 1 aromatic rings. The van der Waals surface area contributed by atoms with E-state index in [0.29, 0.717) is 5.92 Å². The molecule has 0 saturated heterocycles. The number of rotatable bonds is 6. The van der Waals surface area contributed by atoms with Gasteiger partial charge >= 0.3 is 0 Å². The molecule has 0 saturated carbocycles. The Morgan fingerprint density at radius 3 is 2.84 bits per heavy atom. The van der Waals surface area contributed by atoms with E-state index < -0.39 is 0 Å². The highest BCUT2D eigenvalue weighted by Gasteiger charge is 2.11. The summed E-state index contributed by atoms with van der Waals surface area (Å²) in [6.45, 7) is 6.14. The Hall–Kier alpha value is -1.44. The summed E-state index contributed by atoms with van der Waals surface area (Å²) < 4.78 is 5.86. The van der Waals surface area contributed by atoms with E-state index in [-0.39, 0.29) is 0 Å². The van der Waals surface area contributed by atoms with Crippen LogP contribution in [0.15, 0.2) is 36.4 Å². The van der Waals surface area contributed by atoms with E-state index in [1.54, 1.807) is 0 Å². The summed E-state index contributed by atoms with van der Waals surface area (Å²) in [5.41, 5.74) is 1.12. The minimum Gasteiger partial charge on any atom is -0.491 e. The van der Waals surface area contributed by atoms with Gasteiger partial charge in [0.15, 0.2) is 0 Å². The molecular formula is C17H25NO. The number of ether oxygens (including phenoxy) is 1. The normalized spacial score (nSPS) is 18.6. The van der Waals surface area contributed by atoms with Crippen molar-refractivity contribution >= 4 is 5.69 Å². The van der Waals surface area contributed by atoms with Crippen LogP contribution in [-0.2, 0) is 0 Å². The summed E-state index contributed by atoms with van der Waals surface area (Å²) in [4.78, 5) is 0. The van der Waals surface area contributed by atoms with Crippen LogP contribution in [0.2, 0.25) is 0 Å². The third-order valence-corrected chi connectivity index (χ3v) is 3.42. The molecule has 0 aromatic heterocycles. The smallest absolute Gasteiger partial charge is 0.142 e. The molecule has 0 radical (unpaired) electrons. The molecule has 1 aliphatic carbocycles. The summed E-state index contributed by atoms with van der Waals surface area (Å²) in [6, 6.07) is 8.25. The minimum atomic E-state index is 0.552. The highest BCUT2D eigenvalue weighted by Crippen LogP contribution is 2.26. The van der Waals surface area contributed by atoms with Crippen LogP contribution in [0.3, 0.4) is 0 Å². The number of benzene rings is 1. The largest absolute Gasteiger partial charge is 0.491 e. The monoisotopic (exact) mass is 259 g/mol. The quantitative estimate of drug-likeness (QED) is 0.760. The number of allylic oxidation sites excluding steroid dienone is 2. The average molecular weight is 259 g/mol. The average Bonchev–Trinajstić information content (AvgIpc) is 2.45. The summed E-state index contributed by atoms with van der Waals surface area (Å²) in [5.74, 6) is 2.28. The first-order valence-corrected chi connectivity index (χ1v) is 7.36. The van der Waals surface area contributed by atoms with Crippen molar-refractivity contribution in [1.82, 2.24) is 0 Å². The molecule has 0 heterocycles. The van der Waals surface area contributed by atoms with E-state index >= 15 is 0 Å². The van der Waals surface area contributed by atoms with Gasteiger partial charge in [0.2, 0.25) is 0 Å². The van der Waals surface area contributed by atoms with E-state index in [2.05, 4.69) is 43.4 Å². The second-order valence-corrected chi connectivity index (χ2v) is 5.73. The predicted octanol–water partition coefficient (Wildman–Crippen LogP) is 4.49. The third-order valence-electron chi connectivity index (χ3n) is 3.42. The summed E-state index contributed by atoms with van der Waals surface area (Å²) in [7, 11) is 0. The van der Waals surface area contributed by atoms with Crippen molar-refractivity contribution in [3.63, 3.8) is 0 Å². The van der Waals surface area contributed by atoms with Crippen LogP contribution in [0.4, 0.5) is 5.69 Å². The topological polar surface area (TPSA) is 21.3 Å². The summed E-state index contributed by atoms with van der Waals surface area (Å²) in [5, 5.41) is 3.55. The molecule has 1 N–H and O–H groups in total. The lowest BCUT2D eigenvalue weighted by Crippen LogP contribution is -2.16. The van der Waals surface area contributed by atoms with Crippen LogP contribution >= 0.6 is 0 Å². The van der Waals surface area contributed by atoms with E-state index in [9.17, 15) is 0 Å². The van der Waals surface area contributed by atoms with Gasteiger partial charge in [-0.2, -0.15) is 0 Å². The van der Waals surface area contributed by atoms with Crippen LogP contribution < -0.4 is 10.1 Å². The maximum Gasteiger partial charge on any atom is 0.142 e. The summed E-state index contributed by atoms with van der Waals surface area (Å²) in [6.07, 6.45) is 8.30. The van der Waals surface area contributed by atoms with Gasteiger partial charge in [0, 0.05) is 6.54 Å². The predicted molar refractivity (Wildman–Crippen MR) is 81.7 cm³/mol. The minimum absolute atomic E-state index is 0.552. The fraction of sp³-hybridized carbons (Fsp3) is 0.529. The molecule has 2 heteroatoms. The lowest BCUT2D eigenvalue weighted by molar-refractivity contribution is 0.272. The lowest BCUT2D eigenvalue weighted by Gasteiger charge is -2.20. The Morgan fingerprint density at radius 1 is 1.26 bits per heavy atom. The van der Waals surface area contributed by atoms with E-state index in [1.807, 2.05) is 12.1 Å². The van der Waals surface area contributed by atoms with Crippen molar-refractivity contribution in [3.8, 4) is 5.75 Å². The molecule has 104 valence electrons. The lowest BCUT2D eigenvalue weighted by atomic mass is 9.94. The fourth-order valence-electron chi connectivity index (χ4n) is 2.29. The van der Waals surface area contributed by atoms with E-state index in [0.717, 1.165) is 30.5 Å². The zero-order chi connectivity index (χ0) is 13.5. The first-order valence-electron chi connectivity index (χ1n) is 7.36. The van der Waals surface area contributed by atoms with E-state index in [4.69, 9.17) is 4.74 Å². The number of para-hydroxylation sites is 2. The summed E-state index contributed by atoms with van der Waals surface area (Å²) >= 11 is 0. The van der Waals surface area contributed by atoms with Gasteiger partial charge < -0.3 is 10.1 Å². The third kappa shape index (κ3) is 4.62. The second-order valence-electron chi connectivity index (χ2n) is 5.73. The standard InChI is InChI=1S/C17H25NO/c1-14(2)13-19-17-11-7-6-10-16(17)18-12-15-8-4-3-5-9-15/h3-4,6-7,10-11,14-15,18H,5,8-9,12-13H2,1-2H3. The molecule has 1 atom stereocenters. The van der Waals surface area contributed by atoms with Crippen LogP contribution in [0, 0.1) is 11.8 Å². The molecule has 1 aromatic carbocycles. The number of anilines is 1. The first-order chi connectivity index (χ1) is 9.25. The number of hydrogen-bond acceptors (Lipinski definition) is 2. The van der Waals surface area contributed by atoms with Crippen molar-refractivity contribution in [1.29, 1.82) is 0 Å². The Morgan fingerprint density at radius 2 is 2.11 bits per heavy atom. The molecule has 2 nitrogen and oxygen atoms in total. The van der Waals surface area contributed by atoms with Crippen molar-refractivity contribution in [3.05, 3.63) is 36.4 Å². The van der Waals surface area contributed by atoms with Gasteiger partial charge in [0.05, 0.1) is 12.3 Å². The maximum atomic E-state index is 5.86. The maximum absolute atomic E-state index is 5.86. The van der Waals surface area contributed by atoms with Gasteiger partial charge in [-0.15, -0.1) is 0 Å². The Balaban J connectivity index is 1.89. The van der Waals surface area contributed by atoms with Crippen LogP contribution in [-0.4, -0.2) is 13.2 Å². The SMILES string of the molecule is CC(C)COc1ccccc1NCC1CC=CCC1. The molecule has 0 spiro atoms. The number of hydrogen-bond donors (Lipinski definition) is 1. The van der Waals surface area contributed by atoms with Crippen molar-refractivity contribution in [2.24, 2.45) is 11.8 Å². The van der Waals surface area contributed by atoms with Gasteiger partial charge in [0.1, 0.15) is 5.75 Å². The highest BCUT2D eigenvalue weighted by molar-refractivity contribution is 5.56. The molecular weight excluding hydrogens is 234 g/mol. The zero-order valence-electron chi connectivity index (χ0n) is 12.1. The van der Waals surface area contributed by atoms with Gasteiger partial charge in [-0.25, -0.2) is 0 Å². The van der Waals surface area contributed by atoms with Crippen molar-refractivity contribution < 1.29 is 4.74 Å². The van der Waals surface area contributed by atoms with Gasteiger partial charge in [-0.1, -0.05) is 38.1 Å². The zero-order valence-corrected chi connectivity index (χ0v) is 12.1. The van der Waals surface area contributed by atoms with Gasteiger partial charge in [0.25, 0.3) is 0 Å². The van der Waals surface area contributed by atoms with Crippen molar-refractivity contribution in [2.45, 2.75) is 33.1 Å². The molecule has 0 bridgehead atoms. The number of nitrogens with one attached hydrogen (secondary N) is 1. The van der Waals surface area contributed by atoms with Crippen LogP contribution in [0.25, 0.3) is 0 Å². The second kappa shape index (κ2) is 7.22. The fourth-order valence-corrected chi connectivity index (χ4v) is 2.29. The first kappa shape index (κ1) is 14.0. The van der Waals surface area contributed by atoms with Crippen LogP contribution in [0.5, 0.6) is 5.75 Å². The molecule has 1 unspecified atom stereocenters. The van der Waals surface area contributed by atoms with Crippen LogP contribution in [0.1, 0.15) is 33.1 Å². The van der Waals surface area contributed by atoms with Gasteiger partial charge in [-0.3, -0.25) is 0 Å². The van der Waals surface area contributed by atoms with Crippen molar-refractivity contribution in [2.75, 3.05) is 18.5 Å². The highest BCUT2D eigenvalue weighted by atomic mass is 16.5. The molecule has 0 amide bonds. The molecule has 2 rings (SSSR count). The van der Waals surface area contributed by atoms with E-state index in [1.165, 1.54) is 19.3 Å². The molecule has 1 aliphatic rings. The molecule has 0 fully saturated rings. The molecule has 19 heavy (non-hydrogen) atoms.